The molecular formula is C12H20O5. The molecule has 98 valence electrons. The summed E-state index contributed by atoms with van der Waals surface area (Å²) in [7, 11) is 0. The van der Waals surface area contributed by atoms with Crippen molar-refractivity contribution in [2.24, 2.45) is 0 Å². The molecule has 5 nitrogen and oxygen atoms in total. The summed E-state index contributed by atoms with van der Waals surface area (Å²) in [5.41, 5.74) is 0. The molecule has 0 N–H and O–H groups in total. The van der Waals surface area contributed by atoms with Crippen LogP contribution in [-0.2, 0) is 23.7 Å². The van der Waals surface area contributed by atoms with Crippen LogP contribution in [0.4, 0.5) is 0 Å². The maximum Gasteiger partial charge on any atom is 0.164 e. The second-order valence-electron chi connectivity index (χ2n) is 5.80. The average molecular weight is 244 g/mol. The van der Waals surface area contributed by atoms with Gasteiger partial charge in [-0.1, -0.05) is 0 Å². The molecule has 0 saturated carbocycles. The molecule has 3 heterocycles. The largest absolute Gasteiger partial charge is 0.370 e. The highest BCUT2D eigenvalue weighted by molar-refractivity contribution is 4.97. The van der Waals surface area contributed by atoms with Gasteiger partial charge in [-0.15, -0.1) is 0 Å². The first-order chi connectivity index (χ1) is 7.86. The first-order valence-electron chi connectivity index (χ1n) is 6.15. The third kappa shape index (κ3) is 2.11. The molecular weight excluding hydrogens is 224 g/mol. The highest BCUT2D eigenvalue weighted by atomic mass is 16.8. The van der Waals surface area contributed by atoms with Gasteiger partial charge in [-0.25, -0.2) is 0 Å². The molecule has 3 aliphatic rings. The maximum absolute atomic E-state index is 5.88. The Bertz CT molecular complexity index is 314. The average Bonchev–Trinajstić information content (AvgIpc) is 2.77. The van der Waals surface area contributed by atoms with Gasteiger partial charge in [-0.05, 0) is 27.7 Å². The van der Waals surface area contributed by atoms with Crippen LogP contribution in [0.1, 0.15) is 27.7 Å². The molecule has 0 aromatic carbocycles. The standard InChI is InChI=1S/C12H20O5/c1-11(2)14-6-8(15-11)9-10-7(5-13-9)16-12(3,4)17-10/h7-10H,5-6H2,1-4H3/t7-,8-,9-,10-/m1/s1. The van der Waals surface area contributed by atoms with E-state index in [2.05, 4.69) is 0 Å². The van der Waals surface area contributed by atoms with Crippen LogP contribution in [0.3, 0.4) is 0 Å². The van der Waals surface area contributed by atoms with Crippen molar-refractivity contribution in [2.45, 2.75) is 63.7 Å². The Morgan fingerprint density at radius 1 is 0.765 bits per heavy atom. The highest BCUT2D eigenvalue weighted by Crippen LogP contribution is 2.39. The highest BCUT2D eigenvalue weighted by Gasteiger charge is 2.54. The zero-order chi connectivity index (χ0) is 12.3. The number of hydrogen-bond acceptors (Lipinski definition) is 5. The number of hydrogen-bond donors (Lipinski definition) is 0. The van der Waals surface area contributed by atoms with E-state index in [1.165, 1.54) is 0 Å². The molecule has 3 rings (SSSR count). The van der Waals surface area contributed by atoms with Crippen LogP contribution in [0.15, 0.2) is 0 Å². The molecule has 0 aliphatic carbocycles. The van der Waals surface area contributed by atoms with E-state index in [-0.39, 0.29) is 24.4 Å². The van der Waals surface area contributed by atoms with Gasteiger partial charge in [0.2, 0.25) is 0 Å². The van der Waals surface area contributed by atoms with E-state index in [1.54, 1.807) is 0 Å². The third-order valence-electron chi connectivity index (χ3n) is 3.40. The molecule has 3 aliphatic heterocycles. The summed E-state index contributed by atoms with van der Waals surface area (Å²) in [6.07, 6.45) is -0.198. The van der Waals surface area contributed by atoms with Gasteiger partial charge in [-0.2, -0.15) is 0 Å². The number of fused-ring (bicyclic) bond motifs is 1. The minimum atomic E-state index is -0.527. The van der Waals surface area contributed by atoms with Gasteiger partial charge in [0.05, 0.1) is 13.2 Å². The van der Waals surface area contributed by atoms with E-state index >= 15 is 0 Å². The summed E-state index contributed by atoms with van der Waals surface area (Å²) < 4.78 is 28.8. The quantitative estimate of drug-likeness (QED) is 0.690. The second-order valence-corrected chi connectivity index (χ2v) is 5.80. The van der Waals surface area contributed by atoms with Crippen molar-refractivity contribution in [3.8, 4) is 0 Å². The zero-order valence-electron chi connectivity index (χ0n) is 10.8. The van der Waals surface area contributed by atoms with Crippen molar-refractivity contribution in [3.63, 3.8) is 0 Å². The van der Waals surface area contributed by atoms with Gasteiger partial charge < -0.3 is 23.7 Å². The Balaban J connectivity index is 1.70. The van der Waals surface area contributed by atoms with E-state index in [0.29, 0.717) is 13.2 Å². The zero-order valence-corrected chi connectivity index (χ0v) is 10.8. The van der Waals surface area contributed by atoms with E-state index < -0.39 is 11.6 Å². The van der Waals surface area contributed by atoms with Crippen LogP contribution < -0.4 is 0 Å². The Hall–Kier alpha value is -0.200. The van der Waals surface area contributed by atoms with Crippen LogP contribution in [0.25, 0.3) is 0 Å². The van der Waals surface area contributed by atoms with Gasteiger partial charge >= 0.3 is 0 Å². The fourth-order valence-electron chi connectivity index (χ4n) is 2.77. The maximum atomic E-state index is 5.88. The Labute approximate surface area is 101 Å². The molecule has 0 unspecified atom stereocenters. The lowest BCUT2D eigenvalue weighted by atomic mass is 10.1. The predicted molar refractivity (Wildman–Crippen MR) is 58.5 cm³/mol. The summed E-state index contributed by atoms with van der Waals surface area (Å²) in [6.45, 7) is 8.80. The first-order valence-corrected chi connectivity index (χ1v) is 6.15. The van der Waals surface area contributed by atoms with Crippen molar-refractivity contribution in [3.05, 3.63) is 0 Å². The molecule has 0 aromatic rings. The lowest BCUT2D eigenvalue weighted by molar-refractivity contribution is -0.195. The van der Waals surface area contributed by atoms with Gasteiger partial charge in [0.25, 0.3) is 0 Å². The minimum absolute atomic E-state index is 0.0160. The molecule has 0 amide bonds. The Kier molecular flexibility index (Phi) is 2.55. The molecule has 0 bridgehead atoms. The van der Waals surface area contributed by atoms with Crippen molar-refractivity contribution >= 4 is 0 Å². The molecule has 5 heteroatoms. The lowest BCUT2D eigenvalue weighted by Crippen LogP contribution is -2.40. The fourth-order valence-corrected chi connectivity index (χ4v) is 2.77. The van der Waals surface area contributed by atoms with Crippen LogP contribution in [0.2, 0.25) is 0 Å². The Morgan fingerprint density at radius 2 is 1.41 bits per heavy atom. The molecule has 3 saturated heterocycles. The molecule has 17 heavy (non-hydrogen) atoms. The van der Waals surface area contributed by atoms with E-state index in [0.717, 1.165) is 0 Å². The monoisotopic (exact) mass is 244 g/mol. The number of ether oxygens (including phenoxy) is 5. The van der Waals surface area contributed by atoms with Gasteiger partial charge in [0.1, 0.15) is 24.4 Å². The van der Waals surface area contributed by atoms with Gasteiger partial charge in [-0.3, -0.25) is 0 Å². The van der Waals surface area contributed by atoms with E-state index in [9.17, 15) is 0 Å². The number of rotatable bonds is 1. The van der Waals surface area contributed by atoms with Crippen LogP contribution in [0, 0.1) is 0 Å². The molecule has 0 spiro atoms. The normalized spacial score (nSPS) is 47.3. The topological polar surface area (TPSA) is 46.2 Å². The van der Waals surface area contributed by atoms with Crippen LogP contribution >= 0.6 is 0 Å². The predicted octanol–water partition coefficient (Wildman–Crippen LogP) is 1.06. The first kappa shape index (κ1) is 11.9. The van der Waals surface area contributed by atoms with Gasteiger partial charge in [0, 0.05) is 0 Å². The molecule has 0 aromatic heterocycles. The lowest BCUT2D eigenvalue weighted by Gasteiger charge is -2.25. The minimum Gasteiger partial charge on any atom is -0.370 e. The molecule has 4 atom stereocenters. The fraction of sp³-hybridized carbons (Fsp3) is 1.00. The molecule has 0 radical (unpaired) electrons. The van der Waals surface area contributed by atoms with Crippen molar-refractivity contribution < 1.29 is 23.7 Å². The Morgan fingerprint density at radius 3 is 2.06 bits per heavy atom. The second kappa shape index (κ2) is 3.65. The SMILES string of the molecule is CC1(C)OC[C@H]([C@H]2OC[C@H]3OC(C)(C)O[C@@H]23)O1. The van der Waals surface area contributed by atoms with Crippen molar-refractivity contribution in [1.29, 1.82) is 0 Å². The smallest absolute Gasteiger partial charge is 0.164 e. The summed E-state index contributed by atoms with van der Waals surface area (Å²) in [5.74, 6) is -1.05. The molecule has 3 fully saturated rings. The third-order valence-corrected chi connectivity index (χ3v) is 3.40. The summed E-state index contributed by atoms with van der Waals surface area (Å²) in [4.78, 5) is 0. The van der Waals surface area contributed by atoms with Crippen LogP contribution in [0.5, 0.6) is 0 Å². The van der Waals surface area contributed by atoms with E-state index in [4.69, 9.17) is 23.7 Å². The van der Waals surface area contributed by atoms with Gasteiger partial charge in [0.15, 0.2) is 11.6 Å². The summed E-state index contributed by atoms with van der Waals surface area (Å²) in [5, 5.41) is 0. The van der Waals surface area contributed by atoms with Crippen molar-refractivity contribution in [1.82, 2.24) is 0 Å². The van der Waals surface area contributed by atoms with Crippen molar-refractivity contribution in [2.75, 3.05) is 13.2 Å². The van der Waals surface area contributed by atoms with E-state index in [1.807, 2.05) is 27.7 Å². The summed E-state index contributed by atoms with van der Waals surface area (Å²) >= 11 is 0. The summed E-state index contributed by atoms with van der Waals surface area (Å²) in [6, 6.07) is 0. The van der Waals surface area contributed by atoms with Crippen LogP contribution in [-0.4, -0.2) is 49.2 Å².